The van der Waals surface area contributed by atoms with Crippen molar-refractivity contribution in [3.05, 3.63) is 34.1 Å². The lowest BCUT2D eigenvalue weighted by atomic mass is 9.96. The minimum Gasteiger partial charge on any atom is -0.319 e. The van der Waals surface area contributed by atoms with Crippen molar-refractivity contribution in [3.8, 4) is 0 Å². The summed E-state index contributed by atoms with van der Waals surface area (Å²) in [4.78, 5) is 0. The van der Waals surface area contributed by atoms with Gasteiger partial charge < -0.3 is 5.32 Å². The molecule has 0 aromatic heterocycles. The van der Waals surface area contributed by atoms with Crippen LogP contribution in [-0.2, 0) is 6.42 Å². The highest BCUT2D eigenvalue weighted by atomic mass is 19.1. The number of likely N-dealkylation sites (N-methyl/N-ethyl adjacent to an activating group) is 1. The maximum Gasteiger partial charge on any atom is 0.129 e. The zero-order chi connectivity index (χ0) is 10.7. The molecule has 1 aromatic rings. The maximum absolute atomic E-state index is 13.6. The van der Waals surface area contributed by atoms with Crippen molar-refractivity contribution in [1.29, 1.82) is 0 Å². The Labute approximate surface area is 85.3 Å². The third-order valence-corrected chi connectivity index (χ3v) is 2.66. The van der Waals surface area contributed by atoms with Crippen LogP contribution in [0.3, 0.4) is 0 Å². The van der Waals surface area contributed by atoms with Gasteiger partial charge in [0.2, 0.25) is 0 Å². The maximum atomic E-state index is 13.6. The topological polar surface area (TPSA) is 12.0 Å². The van der Waals surface area contributed by atoms with Gasteiger partial charge in [-0.05, 0) is 63.0 Å². The molecule has 14 heavy (non-hydrogen) atoms. The number of hydrogen-bond donors (Lipinski definition) is 1. The minimum atomic E-state index is -0.0540. The van der Waals surface area contributed by atoms with Gasteiger partial charge in [0, 0.05) is 0 Å². The van der Waals surface area contributed by atoms with Crippen LogP contribution in [0.5, 0.6) is 0 Å². The number of rotatable bonds is 3. The summed E-state index contributed by atoms with van der Waals surface area (Å²) in [5.41, 5.74) is 3.88. The first-order chi connectivity index (χ1) is 6.57. The standard InChI is InChI=1S/C12H18FN/c1-8-7-9(2)12(13)10(3)11(8)5-6-14-4/h7,14H,5-6H2,1-4H3. The second kappa shape index (κ2) is 4.56. The van der Waals surface area contributed by atoms with Crippen LogP contribution in [0.15, 0.2) is 6.07 Å². The van der Waals surface area contributed by atoms with Crippen molar-refractivity contribution >= 4 is 0 Å². The molecule has 0 bridgehead atoms. The van der Waals surface area contributed by atoms with Gasteiger partial charge in [-0.3, -0.25) is 0 Å². The van der Waals surface area contributed by atoms with Crippen molar-refractivity contribution in [2.75, 3.05) is 13.6 Å². The van der Waals surface area contributed by atoms with Gasteiger partial charge in [-0.1, -0.05) is 6.07 Å². The average Bonchev–Trinajstić information content (AvgIpc) is 2.14. The summed E-state index contributed by atoms with van der Waals surface area (Å²) in [7, 11) is 1.91. The lowest BCUT2D eigenvalue weighted by Crippen LogP contribution is -2.12. The molecular formula is C12H18FN. The zero-order valence-electron chi connectivity index (χ0n) is 9.37. The summed E-state index contributed by atoms with van der Waals surface area (Å²) in [5, 5.41) is 3.08. The van der Waals surface area contributed by atoms with Gasteiger partial charge in [-0.15, -0.1) is 0 Å². The molecule has 0 heterocycles. The van der Waals surface area contributed by atoms with Crippen molar-refractivity contribution in [2.24, 2.45) is 0 Å². The highest BCUT2D eigenvalue weighted by molar-refractivity contribution is 5.39. The summed E-state index contributed by atoms with van der Waals surface area (Å²) in [6.07, 6.45) is 0.894. The van der Waals surface area contributed by atoms with E-state index in [1.165, 1.54) is 5.56 Å². The quantitative estimate of drug-likeness (QED) is 0.781. The van der Waals surface area contributed by atoms with Gasteiger partial charge in [0.1, 0.15) is 5.82 Å². The highest BCUT2D eigenvalue weighted by Gasteiger charge is 2.09. The van der Waals surface area contributed by atoms with Crippen LogP contribution >= 0.6 is 0 Å². The molecule has 2 heteroatoms. The van der Waals surface area contributed by atoms with E-state index in [-0.39, 0.29) is 5.82 Å². The average molecular weight is 195 g/mol. The van der Waals surface area contributed by atoms with Crippen LogP contribution in [0, 0.1) is 26.6 Å². The lowest BCUT2D eigenvalue weighted by Gasteiger charge is -2.12. The van der Waals surface area contributed by atoms with Crippen LogP contribution < -0.4 is 5.32 Å². The molecule has 0 radical (unpaired) electrons. The fraction of sp³-hybridized carbons (Fsp3) is 0.500. The summed E-state index contributed by atoms with van der Waals surface area (Å²) in [6, 6.07) is 1.92. The summed E-state index contributed by atoms with van der Waals surface area (Å²) >= 11 is 0. The normalized spacial score (nSPS) is 10.6. The van der Waals surface area contributed by atoms with Gasteiger partial charge in [0.25, 0.3) is 0 Å². The van der Waals surface area contributed by atoms with E-state index in [1.807, 2.05) is 33.9 Å². The van der Waals surface area contributed by atoms with Crippen LogP contribution in [0.1, 0.15) is 22.3 Å². The molecule has 0 aliphatic heterocycles. The Hall–Kier alpha value is -0.890. The van der Waals surface area contributed by atoms with E-state index >= 15 is 0 Å². The zero-order valence-corrected chi connectivity index (χ0v) is 9.37. The Morgan fingerprint density at radius 2 is 1.86 bits per heavy atom. The number of halogens is 1. The van der Waals surface area contributed by atoms with Crippen LogP contribution in [0.4, 0.5) is 4.39 Å². The molecule has 0 aliphatic rings. The largest absolute Gasteiger partial charge is 0.319 e. The molecule has 0 saturated carbocycles. The second-order valence-electron chi connectivity index (χ2n) is 3.78. The first-order valence-electron chi connectivity index (χ1n) is 4.97. The minimum absolute atomic E-state index is 0.0540. The SMILES string of the molecule is CNCCc1c(C)cc(C)c(F)c1C. The molecule has 78 valence electrons. The van der Waals surface area contributed by atoms with E-state index in [9.17, 15) is 4.39 Å². The van der Waals surface area contributed by atoms with Crippen LogP contribution in [0.25, 0.3) is 0 Å². The van der Waals surface area contributed by atoms with E-state index in [0.29, 0.717) is 0 Å². The molecule has 0 unspecified atom stereocenters. The van der Waals surface area contributed by atoms with Crippen molar-refractivity contribution in [1.82, 2.24) is 5.32 Å². The summed E-state index contributed by atoms with van der Waals surface area (Å²) in [6.45, 7) is 6.62. The van der Waals surface area contributed by atoms with Crippen LogP contribution in [-0.4, -0.2) is 13.6 Å². The molecule has 1 rings (SSSR count). The first-order valence-corrected chi connectivity index (χ1v) is 4.97. The lowest BCUT2D eigenvalue weighted by molar-refractivity contribution is 0.604. The summed E-state index contributed by atoms with van der Waals surface area (Å²) < 4.78 is 13.6. The third-order valence-electron chi connectivity index (χ3n) is 2.66. The fourth-order valence-corrected chi connectivity index (χ4v) is 1.83. The predicted octanol–water partition coefficient (Wildman–Crippen LogP) is 2.51. The molecule has 0 amide bonds. The Morgan fingerprint density at radius 3 is 2.43 bits per heavy atom. The highest BCUT2D eigenvalue weighted by Crippen LogP contribution is 2.20. The second-order valence-corrected chi connectivity index (χ2v) is 3.78. The Balaban J connectivity index is 3.09. The van der Waals surface area contributed by atoms with Crippen molar-refractivity contribution in [3.63, 3.8) is 0 Å². The molecule has 1 nitrogen and oxygen atoms in total. The molecule has 1 aromatic carbocycles. The monoisotopic (exact) mass is 195 g/mol. The first kappa shape index (κ1) is 11.2. The van der Waals surface area contributed by atoms with E-state index in [4.69, 9.17) is 0 Å². The van der Waals surface area contributed by atoms with Gasteiger partial charge in [0.15, 0.2) is 0 Å². The molecule has 0 aliphatic carbocycles. The van der Waals surface area contributed by atoms with E-state index < -0.39 is 0 Å². The number of benzene rings is 1. The number of aryl methyl sites for hydroxylation is 2. The molecular weight excluding hydrogens is 177 g/mol. The van der Waals surface area contributed by atoms with E-state index in [1.54, 1.807) is 0 Å². The molecule has 0 saturated heterocycles. The van der Waals surface area contributed by atoms with Gasteiger partial charge in [-0.2, -0.15) is 0 Å². The van der Waals surface area contributed by atoms with Crippen molar-refractivity contribution < 1.29 is 4.39 Å². The predicted molar refractivity (Wildman–Crippen MR) is 58.2 cm³/mol. The third kappa shape index (κ3) is 2.13. The van der Waals surface area contributed by atoms with Gasteiger partial charge >= 0.3 is 0 Å². The fourth-order valence-electron chi connectivity index (χ4n) is 1.83. The Bertz CT molecular complexity index is 332. The molecule has 0 spiro atoms. The number of nitrogens with one attached hydrogen (secondary N) is 1. The smallest absolute Gasteiger partial charge is 0.129 e. The number of hydrogen-bond acceptors (Lipinski definition) is 1. The van der Waals surface area contributed by atoms with E-state index in [0.717, 1.165) is 29.7 Å². The van der Waals surface area contributed by atoms with Crippen LogP contribution in [0.2, 0.25) is 0 Å². The van der Waals surface area contributed by atoms with Gasteiger partial charge in [-0.25, -0.2) is 4.39 Å². The van der Waals surface area contributed by atoms with Gasteiger partial charge in [0.05, 0.1) is 0 Å². The molecule has 1 N–H and O–H groups in total. The van der Waals surface area contributed by atoms with E-state index in [2.05, 4.69) is 5.32 Å². The summed E-state index contributed by atoms with van der Waals surface area (Å²) in [5.74, 6) is -0.0540. The molecule has 0 atom stereocenters. The Kier molecular flexibility index (Phi) is 3.64. The molecule has 0 fully saturated rings. The Morgan fingerprint density at radius 1 is 1.21 bits per heavy atom. The van der Waals surface area contributed by atoms with Crippen molar-refractivity contribution in [2.45, 2.75) is 27.2 Å².